The molecule has 114 valence electrons. The number of halogens is 1. The second kappa shape index (κ2) is 7.35. The summed E-state index contributed by atoms with van der Waals surface area (Å²) in [5.74, 6) is 0.527. The summed E-state index contributed by atoms with van der Waals surface area (Å²) in [6.07, 6.45) is 6.71. The second-order valence-electron chi connectivity index (χ2n) is 5.30. The first kappa shape index (κ1) is 16.4. The predicted octanol–water partition coefficient (Wildman–Crippen LogP) is 3.12. The van der Waals surface area contributed by atoms with E-state index < -0.39 is 10.0 Å². The van der Waals surface area contributed by atoms with Gasteiger partial charge in [0, 0.05) is 6.04 Å². The Morgan fingerprint density at radius 2 is 2.05 bits per heavy atom. The van der Waals surface area contributed by atoms with Crippen molar-refractivity contribution >= 4 is 37.3 Å². The van der Waals surface area contributed by atoms with Gasteiger partial charge in [0.2, 0.25) is 10.0 Å². The van der Waals surface area contributed by atoms with Crippen LogP contribution in [0.3, 0.4) is 0 Å². The van der Waals surface area contributed by atoms with Gasteiger partial charge < -0.3 is 5.11 Å². The fourth-order valence-electron chi connectivity index (χ4n) is 2.70. The molecule has 0 spiro atoms. The van der Waals surface area contributed by atoms with Crippen LogP contribution in [0, 0.1) is 5.92 Å². The van der Waals surface area contributed by atoms with E-state index in [9.17, 15) is 13.5 Å². The largest absolute Gasteiger partial charge is 0.395 e. The molecule has 0 unspecified atom stereocenters. The van der Waals surface area contributed by atoms with Crippen LogP contribution >= 0.6 is 27.3 Å². The van der Waals surface area contributed by atoms with E-state index in [0.29, 0.717) is 5.92 Å². The number of aliphatic hydroxyl groups is 1. The molecule has 1 heterocycles. The van der Waals surface area contributed by atoms with Crippen molar-refractivity contribution < 1.29 is 13.5 Å². The van der Waals surface area contributed by atoms with Gasteiger partial charge in [0.1, 0.15) is 4.21 Å². The van der Waals surface area contributed by atoms with Gasteiger partial charge in [0.15, 0.2) is 0 Å². The van der Waals surface area contributed by atoms with Gasteiger partial charge in [-0.05, 0) is 40.4 Å². The highest BCUT2D eigenvalue weighted by atomic mass is 79.9. The van der Waals surface area contributed by atoms with E-state index >= 15 is 0 Å². The molecule has 1 aromatic rings. The number of nitrogens with one attached hydrogen (secondary N) is 1. The monoisotopic (exact) mass is 381 g/mol. The van der Waals surface area contributed by atoms with Crippen LogP contribution in [0.25, 0.3) is 0 Å². The molecule has 0 radical (unpaired) electrons. The zero-order valence-electron chi connectivity index (χ0n) is 11.2. The van der Waals surface area contributed by atoms with Crippen LogP contribution in [-0.4, -0.2) is 26.2 Å². The van der Waals surface area contributed by atoms with Crippen molar-refractivity contribution in [2.24, 2.45) is 5.92 Å². The molecule has 4 nitrogen and oxygen atoms in total. The first-order chi connectivity index (χ1) is 9.51. The van der Waals surface area contributed by atoms with E-state index in [1.165, 1.54) is 30.6 Å². The summed E-state index contributed by atoms with van der Waals surface area (Å²) in [7, 11) is -3.52. The van der Waals surface area contributed by atoms with E-state index in [-0.39, 0.29) is 16.9 Å². The Balaban J connectivity index is 1.98. The van der Waals surface area contributed by atoms with Gasteiger partial charge in [-0.2, -0.15) is 0 Å². The lowest BCUT2D eigenvalue weighted by molar-refractivity contribution is 0.218. The Kier molecular flexibility index (Phi) is 6.04. The van der Waals surface area contributed by atoms with Crippen LogP contribution in [0.4, 0.5) is 0 Å². The van der Waals surface area contributed by atoms with Crippen molar-refractivity contribution in [3.05, 3.63) is 15.9 Å². The summed E-state index contributed by atoms with van der Waals surface area (Å²) in [4.78, 5) is 0. The van der Waals surface area contributed by atoms with Crippen molar-refractivity contribution in [3.63, 3.8) is 0 Å². The molecule has 1 aliphatic rings. The van der Waals surface area contributed by atoms with Crippen LogP contribution in [0.5, 0.6) is 0 Å². The Bertz CT molecular complexity index is 523. The van der Waals surface area contributed by atoms with Crippen LogP contribution in [0.2, 0.25) is 0 Å². The SMILES string of the molecule is O=S(=O)(N[C@H](CO)CC1CCCCC1)c1ccc(Br)s1. The van der Waals surface area contributed by atoms with Crippen molar-refractivity contribution in [2.45, 2.75) is 48.8 Å². The highest BCUT2D eigenvalue weighted by Gasteiger charge is 2.24. The van der Waals surface area contributed by atoms with Crippen LogP contribution < -0.4 is 4.72 Å². The van der Waals surface area contributed by atoms with Crippen molar-refractivity contribution in [1.29, 1.82) is 0 Å². The van der Waals surface area contributed by atoms with E-state index in [4.69, 9.17) is 0 Å². The predicted molar refractivity (Wildman–Crippen MR) is 84.4 cm³/mol. The summed E-state index contributed by atoms with van der Waals surface area (Å²) >= 11 is 4.44. The molecule has 0 aliphatic heterocycles. The Morgan fingerprint density at radius 3 is 2.60 bits per heavy atom. The molecule has 0 saturated heterocycles. The van der Waals surface area contributed by atoms with E-state index in [2.05, 4.69) is 20.7 Å². The van der Waals surface area contributed by atoms with Crippen molar-refractivity contribution in [1.82, 2.24) is 4.72 Å². The molecule has 1 fully saturated rings. The summed E-state index contributed by atoms with van der Waals surface area (Å²) in [5, 5.41) is 9.44. The highest BCUT2D eigenvalue weighted by Crippen LogP contribution is 2.29. The summed E-state index contributed by atoms with van der Waals surface area (Å²) in [6.45, 7) is -0.151. The number of rotatable bonds is 6. The van der Waals surface area contributed by atoms with Gasteiger partial charge in [-0.1, -0.05) is 32.1 Å². The van der Waals surface area contributed by atoms with E-state index in [1.54, 1.807) is 12.1 Å². The number of sulfonamides is 1. The minimum Gasteiger partial charge on any atom is -0.395 e. The Labute approximate surface area is 132 Å². The lowest BCUT2D eigenvalue weighted by Gasteiger charge is -2.25. The average molecular weight is 382 g/mol. The maximum atomic E-state index is 12.2. The molecule has 2 rings (SSSR count). The molecular weight excluding hydrogens is 362 g/mol. The molecule has 0 bridgehead atoms. The summed E-state index contributed by atoms with van der Waals surface area (Å²) in [5.41, 5.74) is 0. The quantitative estimate of drug-likeness (QED) is 0.795. The van der Waals surface area contributed by atoms with Gasteiger partial charge in [0.25, 0.3) is 0 Å². The third-order valence-corrected chi connectivity index (χ3v) is 7.33. The minimum atomic E-state index is -3.52. The summed E-state index contributed by atoms with van der Waals surface area (Å²) in [6, 6.07) is 2.91. The highest BCUT2D eigenvalue weighted by molar-refractivity contribution is 9.11. The average Bonchev–Trinajstić information content (AvgIpc) is 2.86. The maximum Gasteiger partial charge on any atom is 0.250 e. The molecule has 2 N–H and O–H groups in total. The van der Waals surface area contributed by atoms with Crippen LogP contribution in [0.1, 0.15) is 38.5 Å². The molecule has 0 amide bonds. The smallest absolute Gasteiger partial charge is 0.250 e. The molecule has 1 aromatic heterocycles. The Hall–Kier alpha value is 0.0500. The summed E-state index contributed by atoms with van der Waals surface area (Å²) < 4.78 is 28.1. The molecular formula is C13H20BrNO3S2. The van der Waals surface area contributed by atoms with Gasteiger partial charge in [0.05, 0.1) is 10.4 Å². The zero-order chi connectivity index (χ0) is 14.6. The standard InChI is InChI=1S/C13H20BrNO3S2/c14-12-6-7-13(19-12)20(17,18)15-11(9-16)8-10-4-2-1-3-5-10/h6-7,10-11,15-16H,1-5,8-9H2/t11-/m0/s1. The first-order valence-electron chi connectivity index (χ1n) is 6.90. The second-order valence-corrected chi connectivity index (χ2v) is 9.70. The number of thiophene rings is 1. The first-order valence-corrected chi connectivity index (χ1v) is 9.99. The third-order valence-electron chi connectivity index (χ3n) is 3.70. The third kappa shape index (κ3) is 4.53. The van der Waals surface area contributed by atoms with Crippen molar-refractivity contribution in [2.75, 3.05) is 6.61 Å². The van der Waals surface area contributed by atoms with E-state index in [1.807, 2.05) is 0 Å². The van der Waals surface area contributed by atoms with Crippen molar-refractivity contribution in [3.8, 4) is 0 Å². The minimum absolute atomic E-state index is 0.151. The van der Waals surface area contributed by atoms with Crippen LogP contribution in [-0.2, 0) is 10.0 Å². The number of hydrogen-bond acceptors (Lipinski definition) is 4. The maximum absolute atomic E-state index is 12.2. The van der Waals surface area contributed by atoms with Crippen LogP contribution in [0.15, 0.2) is 20.1 Å². The van der Waals surface area contributed by atoms with Gasteiger partial charge >= 0.3 is 0 Å². The molecule has 0 aromatic carbocycles. The molecule has 1 atom stereocenters. The zero-order valence-corrected chi connectivity index (χ0v) is 14.4. The molecule has 7 heteroatoms. The lowest BCUT2D eigenvalue weighted by Crippen LogP contribution is -2.38. The molecule has 1 saturated carbocycles. The lowest BCUT2D eigenvalue weighted by atomic mass is 9.85. The fraction of sp³-hybridized carbons (Fsp3) is 0.692. The van der Waals surface area contributed by atoms with Gasteiger partial charge in [-0.3, -0.25) is 0 Å². The molecule has 20 heavy (non-hydrogen) atoms. The molecule has 1 aliphatic carbocycles. The number of hydrogen-bond donors (Lipinski definition) is 2. The Morgan fingerprint density at radius 1 is 1.35 bits per heavy atom. The number of aliphatic hydroxyl groups excluding tert-OH is 1. The fourth-order valence-corrected chi connectivity index (χ4v) is 5.97. The normalized spacial score (nSPS) is 19.1. The topological polar surface area (TPSA) is 66.4 Å². The van der Waals surface area contributed by atoms with E-state index in [0.717, 1.165) is 23.0 Å². The van der Waals surface area contributed by atoms with Gasteiger partial charge in [-0.15, -0.1) is 11.3 Å². The van der Waals surface area contributed by atoms with Gasteiger partial charge in [-0.25, -0.2) is 13.1 Å².